The van der Waals surface area contributed by atoms with Crippen LogP contribution in [-0.2, 0) is 10.4 Å². The topological polar surface area (TPSA) is 49.3 Å². The van der Waals surface area contributed by atoms with Gasteiger partial charge in [0, 0.05) is 16.3 Å². The van der Waals surface area contributed by atoms with Crippen LogP contribution >= 0.6 is 11.6 Å². The SMILES string of the molecule is O=C1Nc2ccc(Cl)cc2C1(O)c1ccc2ccccc2c1. The molecule has 1 unspecified atom stereocenters. The normalized spacial score (nSPS) is 20.0. The van der Waals surface area contributed by atoms with Gasteiger partial charge in [0.1, 0.15) is 0 Å². The molecule has 108 valence electrons. The molecule has 1 amide bonds. The minimum atomic E-state index is -1.72. The quantitative estimate of drug-likeness (QED) is 0.720. The van der Waals surface area contributed by atoms with E-state index in [0.717, 1.165) is 10.8 Å². The first-order valence-electron chi connectivity index (χ1n) is 6.92. The van der Waals surface area contributed by atoms with Crippen LogP contribution in [0.25, 0.3) is 10.8 Å². The fourth-order valence-corrected chi connectivity index (χ4v) is 3.13. The number of rotatable bonds is 1. The molecular formula is C18H12ClNO2. The van der Waals surface area contributed by atoms with Crippen LogP contribution in [0.4, 0.5) is 5.69 Å². The molecule has 0 saturated heterocycles. The van der Waals surface area contributed by atoms with E-state index >= 15 is 0 Å². The number of carbonyl (C=O) groups excluding carboxylic acids is 1. The number of fused-ring (bicyclic) bond motifs is 2. The zero-order valence-electron chi connectivity index (χ0n) is 11.5. The minimum Gasteiger partial charge on any atom is -0.372 e. The van der Waals surface area contributed by atoms with Crippen molar-refractivity contribution in [2.75, 3.05) is 5.32 Å². The van der Waals surface area contributed by atoms with Gasteiger partial charge in [-0.25, -0.2) is 0 Å². The van der Waals surface area contributed by atoms with Crippen LogP contribution in [0.1, 0.15) is 11.1 Å². The Morgan fingerprint density at radius 1 is 0.955 bits per heavy atom. The largest absolute Gasteiger partial charge is 0.372 e. The zero-order chi connectivity index (χ0) is 15.3. The zero-order valence-corrected chi connectivity index (χ0v) is 12.3. The maximum atomic E-state index is 12.4. The number of hydrogen-bond acceptors (Lipinski definition) is 2. The van der Waals surface area contributed by atoms with Gasteiger partial charge in [-0.1, -0.05) is 48.0 Å². The number of aliphatic hydroxyl groups is 1. The molecule has 22 heavy (non-hydrogen) atoms. The van der Waals surface area contributed by atoms with E-state index in [4.69, 9.17) is 11.6 Å². The Bertz CT molecular complexity index is 922. The maximum absolute atomic E-state index is 12.4. The van der Waals surface area contributed by atoms with Crippen molar-refractivity contribution in [1.29, 1.82) is 0 Å². The highest BCUT2D eigenvalue weighted by atomic mass is 35.5. The third-order valence-electron chi connectivity index (χ3n) is 4.12. The molecule has 0 radical (unpaired) electrons. The van der Waals surface area contributed by atoms with Gasteiger partial charge >= 0.3 is 0 Å². The number of halogens is 1. The Balaban J connectivity index is 1.96. The van der Waals surface area contributed by atoms with Crippen molar-refractivity contribution in [3.8, 4) is 0 Å². The molecule has 3 aromatic carbocycles. The van der Waals surface area contributed by atoms with Gasteiger partial charge in [0.05, 0.1) is 0 Å². The summed E-state index contributed by atoms with van der Waals surface area (Å²) < 4.78 is 0. The van der Waals surface area contributed by atoms with E-state index in [1.807, 2.05) is 36.4 Å². The summed E-state index contributed by atoms with van der Waals surface area (Å²) in [6.45, 7) is 0. The second kappa shape index (κ2) is 4.57. The van der Waals surface area contributed by atoms with E-state index in [9.17, 15) is 9.90 Å². The van der Waals surface area contributed by atoms with Gasteiger partial charge in [-0.3, -0.25) is 4.79 Å². The Morgan fingerprint density at radius 3 is 2.55 bits per heavy atom. The fourth-order valence-electron chi connectivity index (χ4n) is 2.96. The lowest BCUT2D eigenvalue weighted by Crippen LogP contribution is -2.35. The van der Waals surface area contributed by atoms with Crippen molar-refractivity contribution in [1.82, 2.24) is 0 Å². The van der Waals surface area contributed by atoms with Crippen molar-refractivity contribution in [2.24, 2.45) is 0 Å². The van der Waals surface area contributed by atoms with E-state index in [1.165, 1.54) is 0 Å². The number of hydrogen-bond donors (Lipinski definition) is 2. The molecule has 0 bridgehead atoms. The van der Waals surface area contributed by atoms with Crippen LogP contribution in [0.5, 0.6) is 0 Å². The smallest absolute Gasteiger partial charge is 0.265 e. The number of nitrogens with one attached hydrogen (secondary N) is 1. The summed E-state index contributed by atoms with van der Waals surface area (Å²) >= 11 is 6.03. The molecule has 0 aromatic heterocycles. The molecule has 3 nitrogen and oxygen atoms in total. The molecular weight excluding hydrogens is 298 g/mol. The average molecular weight is 310 g/mol. The summed E-state index contributed by atoms with van der Waals surface area (Å²) in [5.74, 6) is -0.458. The Hall–Kier alpha value is -2.36. The molecule has 0 saturated carbocycles. The van der Waals surface area contributed by atoms with Crippen LogP contribution in [0, 0.1) is 0 Å². The summed E-state index contributed by atoms with van der Waals surface area (Å²) in [4.78, 5) is 12.4. The van der Waals surface area contributed by atoms with Gasteiger partial charge < -0.3 is 10.4 Å². The van der Waals surface area contributed by atoms with E-state index < -0.39 is 11.5 Å². The highest BCUT2D eigenvalue weighted by Crippen LogP contribution is 2.42. The van der Waals surface area contributed by atoms with Gasteiger partial charge in [-0.05, 0) is 40.6 Å². The standard InChI is InChI=1S/C18H12ClNO2/c19-14-7-8-16-15(10-14)18(22,17(21)20-16)13-6-5-11-3-1-2-4-12(11)9-13/h1-10,22H,(H,20,21). The number of amides is 1. The fraction of sp³-hybridized carbons (Fsp3) is 0.0556. The second-order valence-electron chi connectivity index (χ2n) is 5.42. The van der Waals surface area contributed by atoms with Gasteiger partial charge in [-0.15, -0.1) is 0 Å². The van der Waals surface area contributed by atoms with Gasteiger partial charge in [0.15, 0.2) is 5.60 Å². The molecule has 3 aromatic rings. The minimum absolute atomic E-state index is 0.458. The molecule has 4 rings (SSSR count). The number of benzene rings is 3. The van der Waals surface area contributed by atoms with Crippen molar-refractivity contribution in [2.45, 2.75) is 5.60 Å². The molecule has 0 fully saturated rings. The molecule has 0 aliphatic carbocycles. The van der Waals surface area contributed by atoms with Crippen LogP contribution in [0.15, 0.2) is 60.7 Å². The molecule has 4 heteroatoms. The van der Waals surface area contributed by atoms with Crippen LogP contribution in [-0.4, -0.2) is 11.0 Å². The predicted molar refractivity (Wildman–Crippen MR) is 87.0 cm³/mol. The lowest BCUT2D eigenvalue weighted by Gasteiger charge is -2.22. The van der Waals surface area contributed by atoms with Crippen LogP contribution in [0.2, 0.25) is 5.02 Å². The van der Waals surface area contributed by atoms with Crippen LogP contribution in [0.3, 0.4) is 0 Å². The molecule has 1 aliphatic heterocycles. The van der Waals surface area contributed by atoms with Gasteiger partial charge in [0.2, 0.25) is 0 Å². The lowest BCUT2D eigenvalue weighted by molar-refractivity contribution is -0.129. The molecule has 1 aliphatic rings. The van der Waals surface area contributed by atoms with Crippen molar-refractivity contribution in [3.05, 3.63) is 76.8 Å². The first-order chi connectivity index (χ1) is 10.6. The second-order valence-corrected chi connectivity index (χ2v) is 5.85. The summed E-state index contributed by atoms with van der Waals surface area (Å²) in [6.07, 6.45) is 0. The number of carbonyl (C=O) groups is 1. The lowest BCUT2D eigenvalue weighted by atomic mass is 9.86. The molecule has 2 N–H and O–H groups in total. The van der Waals surface area contributed by atoms with E-state index in [1.54, 1.807) is 24.3 Å². The maximum Gasteiger partial charge on any atom is 0.265 e. The van der Waals surface area contributed by atoms with Gasteiger partial charge in [0.25, 0.3) is 5.91 Å². The molecule has 1 heterocycles. The highest BCUT2D eigenvalue weighted by molar-refractivity contribution is 6.31. The van der Waals surface area contributed by atoms with Crippen molar-refractivity contribution in [3.63, 3.8) is 0 Å². The van der Waals surface area contributed by atoms with Crippen LogP contribution < -0.4 is 5.32 Å². The first kappa shape index (κ1) is 13.3. The van der Waals surface area contributed by atoms with Gasteiger partial charge in [-0.2, -0.15) is 0 Å². The average Bonchev–Trinajstić information content (AvgIpc) is 2.79. The van der Waals surface area contributed by atoms with E-state index in [0.29, 0.717) is 21.8 Å². The van der Waals surface area contributed by atoms with Crippen molar-refractivity contribution >= 4 is 34.0 Å². The highest BCUT2D eigenvalue weighted by Gasteiger charge is 2.46. The summed E-state index contributed by atoms with van der Waals surface area (Å²) in [5.41, 5.74) is -0.111. The Labute approximate surface area is 132 Å². The summed E-state index contributed by atoms with van der Waals surface area (Å²) in [5, 5.41) is 16.3. The van der Waals surface area contributed by atoms with Crippen molar-refractivity contribution < 1.29 is 9.90 Å². The predicted octanol–water partition coefficient (Wildman–Crippen LogP) is 3.68. The number of anilines is 1. The Kier molecular flexibility index (Phi) is 2.76. The van der Waals surface area contributed by atoms with E-state index in [-0.39, 0.29) is 0 Å². The summed E-state index contributed by atoms with van der Waals surface area (Å²) in [7, 11) is 0. The first-order valence-corrected chi connectivity index (χ1v) is 7.30. The molecule has 1 atom stereocenters. The third kappa shape index (κ3) is 1.76. The molecule has 0 spiro atoms. The summed E-state index contributed by atoms with van der Waals surface area (Å²) in [6, 6.07) is 18.4. The third-order valence-corrected chi connectivity index (χ3v) is 4.35. The Morgan fingerprint density at radius 2 is 1.73 bits per heavy atom. The monoisotopic (exact) mass is 309 g/mol. The van der Waals surface area contributed by atoms with E-state index in [2.05, 4.69) is 5.32 Å².